The average molecular weight is 679 g/mol. The molecule has 1 rings (SSSR count). The number of hydrogen-bond acceptors (Lipinski definition) is 9. The minimum atomic E-state index is -1.29. The van der Waals surface area contributed by atoms with Crippen molar-refractivity contribution in [1.82, 2.24) is 16.0 Å². The van der Waals surface area contributed by atoms with Crippen LogP contribution in [0.2, 0.25) is 0 Å². The van der Waals surface area contributed by atoms with Crippen LogP contribution in [0.5, 0.6) is 0 Å². The Bertz CT molecular complexity index is 872. The van der Waals surface area contributed by atoms with Gasteiger partial charge in [0.05, 0.1) is 13.4 Å². The molecule has 0 aromatic carbocycles. The lowest BCUT2D eigenvalue weighted by molar-refractivity contribution is -0.142. The molecule has 1 aliphatic rings. The first-order valence-electron chi connectivity index (χ1n) is 16.3. The Morgan fingerprint density at radius 1 is 0.851 bits per heavy atom. The van der Waals surface area contributed by atoms with E-state index in [1.54, 1.807) is 7.11 Å². The number of carboxylic acid groups (broad SMARTS) is 3. The number of carboxylic acids is 2. The van der Waals surface area contributed by atoms with E-state index in [9.17, 15) is 28.8 Å². The SMILES string of the molecule is C=COC.CCC.CCCCC(N)C(=O)O.CCCCC(NC(=O)C(CCCC)NC(=O)O)C(=O)O.CCCCC1NC(=O)OC1=O. The van der Waals surface area contributed by atoms with Gasteiger partial charge in [-0.25, -0.2) is 19.2 Å². The predicted molar refractivity (Wildman–Crippen MR) is 180 cm³/mol. The number of amides is 3. The number of cyclic esters (lactones) is 2. The van der Waals surface area contributed by atoms with E-state index >= 15 is 0 Å². The Morgan fingerprint density at radius 3 is 1.64 bits per heavy atom. The van der Waals surface area contributed by atoms with Crippen LogP contribution in [0, 0.1) is 0 Å². The first-order chi connectivity index (χ1) is 22.2. The summed E-state index contributed by atoms with van der Waals surface area (Å²) in [5.41, 5.74) is 5.20. The van der Waals surface area contributed by atoms with Crippen molar-refractivity contribution >= 4 is 36.0 Å². The fourth-order valence-electron chi connectivity index (χ4n) is 3.30. The average Bonchev–Trinajstić information content (AvgIpc) is 3.35. The maximum atomic E-state index is 12.0. The second-order valence-corrected chi connectivity index (χ2v) is 10.4. The Morgan fingerprint density at radius 2 is 1.30 bits per heavy atom. The van der Waals surface area contributed by atoms with Gasteiger partial charge in [-0.2, -0.15) is 0 Å². The summed E-state index contributed by atoms with van der Waals surface area (Å²) in [7, 11) is 1.56. The van der Waals surface area contributed by atoms with Crippen molar-refractivity contribution in [3.05, 3.63) is 12.8 Å². The third-order valence-electron chi connectivity index (χ3n) is 5.89. The quantitative estimate of drug-likeness (QED) is 0.0564. The maximum absolute atomic E-state index is 12.0. The minimum absolute atomic E-state index is 0.338. The molecular formula is C32H62N4O11. The van der Waals surface area contributed by atoms with Crippen molar-refractivity contribution in [2.45, 2.75) is 149 Å². The van der Waals surface area contributed by atoms with Crippen LogP contribution in [0.15, 0.2) is 12.8 Å². The highest BCUT2D eigenvalue weighted by Gasteiger charge is 2.31. The highest BCUT2D eigenvalue weighted by Crippen LogP contribution is 2.08. The van der Waals surface area contributed by atoms with E-state index in [-0.39, 0.29) is 0 Å². The number of alkyl carbamates (subject to hydrolysis) is 1. The van der Waals surface area contributed by atoms with Gasteiger partial charge in [-0.05, 0) is 25.7 Å². The standard InChI is InChI=1S/C13H24N2O5.C7H11NO3.C6H13NO2.C3H6O.C3H8/c1-3-5-7-9(15-13(19)20)11(16)14-10(12(17)18)8-6-4-2;1-2-3-4-5-6(9)11-7(10)8-5;1-2-3-4-5(7)6(8)9;1-3-4-2;1-3-2/h9-10,15H,3-8H2,1-2H3,(H,14,16)(H,17,18)(H,19,20);5H,2-4H2,1H3,(H,8,10);5H,2-4,7H2,1H3,(H,8,9);3H,1H2,2H3;3H2,1-2H3. The van der Waals surface area contributed by atoms with Crippen molar-refractivity contribution < 1.29 is 53.6 Å². The van der Waals surface area contributed by atoms with Gasteiger partial charge in [-0.1, -0.05) is 106 Å². The molecule has 0 aromatic heterocycles. The van der Waals surface area contributed by atoms with Crippen LogP contribution < -0.4 is 21.7 Å². The van der Waals surface area contributed by atoms with Crippen molar-refractivity contribution in [3.63, 3.8) is 0 Å². The number of rotatable bonds is 18. The zero-order chi connectivity index (χ0) is 37.2. The Hall–Kier alpha value is -3.88. The molecule has 4 unspecified atom stereocenters. The number of ether oxygens (including phenoxy) is 2. The molecule has 47 heavy (non-hydrogen) atoms. The van der Waals surface area contributed by atoms with Crippen LogP contribution in [-0.2, 0) is 28.7 Å². The normalized spacial score (nSPS) is 14.4. The number of carbonyl (C=O) groups is 6. The topological polar surface area (TPSA) is 244 Å². The molecule has 8 N–H and O–H groups in total. The van der Waals surface area contributed by atoms with Gasteiger partial charge in [-0.15, -0.1) is 0 Å². The number of nitrogens with one attached hydrogen (secondary N) is 3. The third-order valence-corrected chi connectivity index (χ3v) is 5.89. The van der Waals surface area contributed by atoms with Crippen molar-refractivity contribution in [1.29, 1.82) is 0 Å². The molecule has 4 atom stereocenters. The van der Waals surface area contributed by atoms with Crippen LogP contribution >= 0.6 is 0 Å². The van der Waals surface area contributed by atoms with E-state index in [0.717, 1.165) is 38.5 Å². The van der Waals surface area contributed by atoms with Crippen molar-refractivity contribution in [2.75, 3.05) is 7.11 Å². The van der Waals surface area contributed by atoms with Crippen LogP contribution in [0.1, 0.15) is 125 Å². The van der Waals surface area contributed by atoms with E-state index in [4.69, 9.17) is 21.1 Å². The zero-order valence-electron chi connectivity index (χ0n) is 29.5. The van der Waals surface area contributed by atoms with Gasteiger partial charge in [0.15, 0.2) is 0 Å². The summed E-state index contributed by atoms with van der Waals surface area (Å²) in [6.07, 6.45) is 9.54. The smallest absolute Gasteiger partial charge is 0.415 e. The molecule has 1 aliphatic heterocycles. The lowest BCUT2D eigenvalue weighted by Gasteiger charge is -2.20. The molecule has 0 aliphatic carbocycles. The molecule has 0 radical (unpaired) electrons. The van der Waals surface area contributed by atoms with Crippen molar-refractivity contribution in [2.24, 2.45) is 5.73 Å². The molecule has 1 fully saturated rings. The molecule has 15 heteroatoms. The van der Waals surface area contributed by atoms with Gasteiger partial charge in [0.25, 0.3) is 0 Å². The van der Waals surface area contributed by atoms with Gasteiger partial charge < -0.3 is 46.5 Å². The van der Waals surface area contributed by atoms with Crippen LogP contribution in [-0.4, -0.2) is 82.6 Å². The monoisotopic (exact) mass is 678 g/mol. The van der Waals surface area contributed by atoms with E-state index in [1.807, 2.05) is 27.7 Å². The molecule has 0 saturated carbocycles. The van der Waals surface area contributed by atoms with Crippen LogP contribution in [0.3, 0.4) is 0 Å². The lowest BCUT2D eigenvalue weighted by atomic mass is 10.1. The maximum Gasteiger partial charge on any atom is 0.415 e. The predicted octanol–water partition coefficient (Wildman–Crippen LogP) is 5.17. The second kappa shape index (κ2) is 35.0. The van der Waals surface area contributed by atoms with E-state index in [2.05, 4.69) is 45.9 Å². The number of hydrogen-bond donors (Lipinski definition) is 7. The van der Waals surface area contributed by atoms with Crippen molar-refractivity contribution in [3.8, 4) is 0 Å². The number of esters is 1. The Kier molecular flexibility index (Phi) is 37.2. The molecule has 1 heterocycles. The Labute approximate surface area is 280 Å². The minimum Gasteiger partial charge on any atom is -0.505 e. The first kappa shape index (κ1) is 50.0. The molecule has 0 spiro atoms. The molecule has 276 valence electrons. The number of aliphatic carboxylic acids is 2. The number of methoxy groups -OCH3 is 1. The lowest BCUT2D eigenvalue weighted by Crippen LogP contribution is -2.51. The van der Waals surface area contributed by atoms with Gasteiger partial charge in [0.2, 0.25) is 5.91 Å². The van der Waals surface area contributed by atoms with E-state index in [0.29, 0.717) is 38.5 Å². The summed E-state index contributed by atoms with van der Waals surface area (Å²) in [5, 5.41) is 33.0. The second-order valence-electron chi connectivity index (χ2n) is 10.4. The fourth-order valence-corrected chi connectivity index (χ4v) is 3.30. The van der Waals surface area contributed by atoms with Gasteiger partial charge in [0, 0.05) is 0 Å². The summed E-state index contributed by atoms with van der Waals surface area (Å²) >= 11 is 0. The van der Waals surface area contributed by atoms with Crippen LogP contribution in [0.25, 0.3) is 0 Å². The molecule has 0 aromatic rings. The van der Waals surface area contributed by atoms with Gasteiger partial charge >= 0.3 is 30.1 Å². The molecular weight excluding hydrogens is 616 g/mol. The summed E-state index contributed by atoms with van der Waals surface area (Å²) in [6, 6.07) is -2.94. The van der Waals surface area contributed by atoms with Crippen LogP contribution in [0.4, 0.5) is 9.59 Å². The molecule has 3 amide bonds. The number of unbranched alkanes of at least 4 members (excludes halogenated alkanes) is 4. The van der Waals surface area contributed by atoms with E-state index < -0.39 is 60.2 Å². The first-order valence-corrected chi connectivity index (χ1v) is 16.3. The summed E-state index contributed by atoms with van der Waals surface area (Å²) < 4.78 is 8.59. The molecule has 15 nitrogen and oxygen atoms in total. The summed E-state index contributed by atoms with van der Waals surface area (Å²) in [5.74, 6) is -3.02. The Balaban J connectivity index is -0.000000287. The molecule has 1 saturated heterocycles. The fraction of sp³-hybridized carbons (Fsp3) is 0.750. The summed E-state index contributed by atoms with van der Waals surface area (Å²) in [4.78, 5) is 65.0. The number of carbonyl (C=O) groups excluding carboxylic acids is 3. The highest BCUT2D eigenvalue weighted by molar-refractivity contribution is 5.95. The molecule has 0 bridgehead atoms. The van der Waals surface area contributed by atoms with Gasteiger partial charge in [-0.3, -0.25) is 9.59 Å². The highest BCUT2D eigenvalue weighted by atomic mass is 16.6. The third kappa shape index (κ3) is 33.3. The number of nitrogens with two attached hydrogens (primary N) is 1. The van der Waals surface area contributed by atoms with Gasteiger partial charge in [0.1, 0.15) is 24.2 Å². The largest absolute Gasteiger partial charge is 0.505 e. The summed E-state index contributed by atoms with van der Waals surface area (Å²) in [6.45, 7) is 15.4. The van der Waals surface area contributed by atoms with E-state index in [1.165, 1.54) is 12.7 Å². The zero-order valence-corrected chi connectivity index (χ0v) is 29.5.